The molecule has 1 aliphatic rings. The summed E-state index contributed by atoms with van der Waals surface area (Å²) in [6.07, 6.45) is -0.475. The van der Waals surface area contributed by atoms with Gasteiger partial charge in [0, 0.05) is 16.8 Å². The van der Waals surface area contributed by atoms with Crippen molar-refractivity contribution < 1.29 is 9.53 Å². The summed E-state index contributed by atoms with van der Waals surface area (Å²) in [6, 6.07) is 0.163. The van der Waals surface area contributed by atoms with Crippen LogP contribution in [0.25, 0.3) is 0 Å². The van der Waals surface area contributed by atoms with Crippen molar-refractivity contribution >= 4 is 22.6 Å². The molecule has 0 aromatic carbocycles. The number of amides is 1. The van der Waals surface area contributed by atoms with E-state index in [1.807, 2.05) is 27.7 Å². The molecule has 1 aromatic rings. The molecule has 1 fully saturated rings. The van der Waals surface area contributed by atoms with Crippen LogP contribution in [-0.2, 0) is 4.74 Å². The Labute approximate surface area is 123 Å². The maximum Gasteiger partial charge on any atom is 0.413 e. The molecule has 0 radical (unpaired) electrons. The lowest BCUT2D eigenvalue weighted by Crippen LogP contribution is -2.27. The second-order valence-electron chi connectivity index (χ2n) is 6.92. The lowest BCUT2D eigenvalue weighted by atomic mass is 10.1. The number of ether oxygens (including phenoxy) is 1. The zero-order chi connectivity index (χ0) is 15.3. The van der Waals surface area contributed by atoms with Crippen molar-refractivity contribution in [3.63, 3.8) is 0 Å². The largest absolute Gasteiger partial charge is 0.444 e. The van der Waals surface area contributed by atoms with Gasteiger partial charge in [-0.2, -0.15) is 0 Å². The van der Waals surface area contributed by atoms with Gasteiger partial charge in [0.15, 0.2) is 5.13 Å². The van der Waals surface area contributed by atoms with Crippen LogP contribution >= 0.6 is 11.3 Å². The zero-order valence-electron chi connectivity index (χ0n) is 12.9. The third kappa shape index (κ3) is 2.96. The molecule has 2 rings (SSSR count). The number of aryl methyl sites for hydroxylation is 1. The number of carbonyl (C=O) groups excluding carboxylic acids is 1. The summed E-state index contributed by atoms with van der Waals surface area (Å²) in [5, 5.41) is 3.26. The molecule has 20 heavy (non-hydrogen) atoms. The normalized spacial score (nSPS) is 24.4. The van der Waals surface area contributed by atoms with E-state index >= 15 is 0 Å². The van der Waals surface area contributed by atoms with Crippen LogP contribution in [0.15, 0.2) is 0 Å². The van der Waals surface area contributed by atoms with Gasteiger partial charge in [0.25, 0.3) is 0 Å². The maximum absolute atomic E-state index is 11.7. The fraction of sp³-hybridized carbons (Fsp3) is 0.714. The zero-order valence-corrected chi connectivity index (χ0v) is 13.7. The molecule has 5 nitrogen and oxygen atoms in total. The predicted octanol–water partition coefficient (Wildman–Crippen LogP) is 3.25. The van der Waals surface area contributed by atoms with Crippen LogP contribution in [0, 0.1) is 12.3 Å². The van der Waals surface area contributed by atoms with Crippen LogP contribution in [-0.4, -0.2) is 22.7 Å². The van der Waals surface area contributed by atoms with Gasteiger partial charge in [-0.1, -0.05) is 13.8 Å². The molecule has 0 bridgehead atoms. The highest BCUT2D eigenvalue weighted by Crippen LogP contribution is 2.59. The van der Waals surface area contributed by atoms with E-state index in [9.17, 15) is 4.79 Å². The molecule has 1 aliphatic carbocycles. The molecule has 0 spiro atoms. The van der Waals surface area contributed by atoms with Gasteiger partial charge in [-0.15, -0.1) is 11.3 Å². The number of hydrogen-bond acceptors (Lipinski definition) is 5. The number of aromatic nitrogens is 1. The van der Waals surface area contributed by atoms with Crippen molar-refractivity contribution in [1.29, 1.82) is 0 Å². The summed E-state index contributed by atoms with van der Waals surface area (Å²) in [5.41, 5.74) is 6.64. The van der Waals surface area contributed by atoms with Crippen molar-refractivity contribution in [2.45, 2.75) is 59.1 Å². The van der Waals surface area contributed by atoms with Crippen molar-refractivity contribution in [3.8, 4) is 0 Å². The van der Waals surface area contributed by atoms with Gasteiger partial charge in [-0.25, -0.2) is 9.78 Å². The number of carbonyl (C=O) groups is 1. The number of nitrogens with zero attached hydrogens (tertiary/aromatic N) is 1. The highest BCUT2D eigenvalue weighted by atomic mass is 32.1. The van der Waals surface area contributed by atoms with Crippen LogP contribution in [0.3, 0.4) is 0 Å². The first-order chi connectivity index (χ1) is 9.02. The van der Waals surface area contributed by atoms with Gasteiger partial charge in [-0.05, 0) is 33.1 Å². The Bertz CT molecular complexity index is 531. The Morgan fingerprint density at radius 1 is 1.45 bits per heavy atom. The third-order valence-electron chi connectivity index (χ3n) is 3.63. The highest BCUT2D eigenvalue weighted by Gasteiger charge is 2.57. The first-order valence-corrected chi connectivity index (χ1v) is 7.57. The van der Waals surface area contributed by atoms with E-state index < -0.39 is 11.7 Å². The first kappa shape index (κ1) is 15.3. The number of thiazole rings is 1. The monoisotopic (exact) mass is 297 g/mol. The van der Waals surface area contributed by atoms with E-state index in [-0.39, 0.29) is 11.5 Å². The Hall–Kier alpha value is -1.14. The Kier molecular flexibility index (Phi) is 3.59. The molecule has 0 saturated heterocycles. The molecular formula is C14H23N3O2S. The average Bonchev–Trinajstić information content (AvgIpc) is 2.57. The van der Waals surface area contributed by atoms with E-state index in [2.05, 4.69) is 24.1 Å². The van der Waals surface area contributed by atoms with E-state index in [1.54, 1.807) is 0 Å². The third-order valence-corrected chi connectivity index (χ3v) is 4.79. The Balaban J connectivity index is 2.07. The number of hydrogen-bond donors (Lipinski definition) is 2. The predicted molar refractivity (Wildman–Crippen MR) is 81.2 cm³/mol. The van der Waals surface area contributed by atoms with Gasteiger partial charge < -0.3 is 10.5 Å². The van der Waals surface area contributed by atoms with Gasteiger partial charge >= 0.3 is 6.09 Å². The SMILES string of the molecule is Cc1nc(NC(=O)OC(C)(C)C)sc1[C@@H]1[C@@H](N)C1(C)C. The Morgan fingerprint density at radius 3 is 2.45 bits per heavy atom. The summed E-state index contributed by atoms with van der Waals surface area (Å²) in [7, 11) is 0. The molecule has 2 atom stereocenters. The van der Waals surface area contributed by atoms with Crippen molar-refractivity contribution in [3.05, 3.63) is 10.6 Å². The van der Waals surface area contributed by atoms with Gasteiger partial charge in [-0.3, -0.25) is 5.32 Å². The lowest BCUT2D eigenvalue weighted by molar-refractivity contribution is 0.0636. The number of anilines is 1. The second-order valence-corrected chi connectivity index (χ2v) is 7.95. The smallest absolute Gasteiger partial charge is 0.413 e. The van der Waals surface area contributed by atoms with Crippen molar-refractivity contribution in [2.24, 2.45) is 11.1 Å². The fourth-order valence-electron chi connectivity index (χ4n) is 2.32. The molecule has 3 N–H and O–H groups in total. The highest BCUT2D eigenvalue weighted by molar-refractivity contribution is 7.16. The first-order valence-electron chi connectivity index (χ1n) is 6.75. The maximum atomic E-state index is 11.7. The van der Waals surface area contributed by atoms with Crippen LogP contribution in [0.5, 0.6) is 0 Å². The van der Waals surface area contributed by atoms with Crippen molar-refractivity contribution in [1.82, 2.24) is 4.98 Å². The van der Waals surface area contributed by atoms with Gasteiger partial charge in [0.05, 0.1) is 5.69 Å². The van der Waals surface area contributed by atoms with Crippen LogP contribution < -0.4 is 11.1 Å². The van der Waals surface area contributed by atoms with Gasteiger partial charge in [0.2, 0.25) is 0 Å². The molecule has 0 unspecified atom stereocenters. The topological polar surface area (TPSA) is 77.2 Å². The van der Waals surface area contributed by atoms with E-state index in [1.165, 1.54) is 11.3 Å². The van der Waals surface area contributed by atoms with Crippen LogP contribution in [0.2, 0.25) is 0 Å². The summed E-state index contributed by atoms with van der Waals surface area (Å²) in [6.45, 7) is 11.8. The Morgan fingerprint density at radius 2 is 2.00 bits per heavy atom. The van der Waals surface area contributed by atoms with E-state index in [0.29, 0.717) is 11.0 Å². The molecule has 0 aliphatic heterocycles. The van der Waals surface area contributed by atoms with E-state index in [0.717, 1.165) is 10.6 Å². The van der Waals surface area contributed by atoms with E-state index in [4.69, 9.17) is 10.5 Å². The van der Waals surface area contributed by atoms with Crippen LogP contribution in [0.4, 0.5) is 9.93 Å². The number of nitrogens with one attached hydrogen (secondary N) is 1. The summed E-state index contributed by atoms with van der Waals surface area (Å²) < 4.78 is 5.22. The molecule has 1 amide bonds. The minimum absolute atomic E-state index is 0.112. The summed E-state index contributed by atoms with van der Waals surface area (Å²) in [4.78, 5) is 17.3. The molecule has 1 saturated carbocycles. The second kappa shape index (κ2) is 4.70. The molecule has 1 heterocycles. The quantitative estimate of drug-likeness (QED) is 0.878. The summed E-state index contributed by atoms with van der Waals surface area (Å²) in [5.74, 6) is 0.328. The standard InChI is InChI=1S/C14H23N3O2S/c1-7-9(8-10(15)14(8,5)6)20-11(16-7)17-12(18)19-13(2,3)4/h8,10H,15H2,1-6H3,(H,16,17,18)/t8-,10-/m1/s1. The van der Waals surface area contributed by atoms with Crippen molar-refractivity contribution in [2.75, 3.05) is 5.32 Å². The number of nitrogens with two attached hydrogens (primary N) is 1. The fourth-order valence-corrected chi connectivity index (χ4v) is 3.62. The summed E-state index contributed by atoms with van der Waals surface area (Å²) >= 11 is 1.49. The minimum atomic E-state index is -0.514. The van der Waals surface area contributed by atoms with Crippen LogP contribution in [0.1, 0.15) is 51.1 Å². The minimum Gasteiger partial charge on any atom is -0.444 e. The van der Waals surface area contributed by atoms with Gasteiger partial charge in [0.1, 0.15) is 5.60 Å². The molecular weight excluding hydrogens is 274 g/mol. The molecule has 112 valence electrons. The lowest BCUT2D eigenvalue weighted by Gasteiger charge is -2.18. The molecule has 1 aromatic heterocycles. The molecule has 6 heteroatoms. The average molecular weight is 297 g/mol. The number of rotatable bonds is 2.